The average molecular weight is 416 g/mol. The number of unbranched alkanes of at least 4 members (excludes halogenated alkanes) is 6. The highest BCUT2D eigenvalue weighted by atomic mass is 16.2. The van der Waals surface area contributed by atoms with Crippen molar-refractivity contribution in [2.24, 2.45) is 0 Å². The Kier molecular flexibility index (Phi) is 10.7. The van der Waals surface area contributed by atoms with E-state index < -0.39 is 0 Å². The zero-order chi connectivity index (χ0) is 21.8. The third-order valence-electron chi connectivity index (χ3n) is 5.95. The number of amides is 2. The lowest BCUT2D eigenvalue weighted by molar-refractivity contribution is -0.116. The van der Waals surface area contributed by atoms with E-state index in [4.69, 9.17) is 0 Å². The van der Waals surface area contributed by atoms with Crippen molar-refractivity contribution in [1.29, 1.82) is 0 Å². The first-order chi connectivity index (χ1) is 14.5. The van der Waals surface area contributed by atoms with Gasteiger partial charge in [0.25, 0.3) is 5.91 Å². The summed E-state index contributed by atoms with van der Waals surface area (Å²) in [5.41, 5.74) is 2.19. The summed E-state index contributed by atoms with van der Waals surface area (Å²) in [5, 5.41) is 6.18. The summed E-state index contributed by atoms with van der Waals surface area (Å²) in [7, 11) is 3.87. The van der Waals surface area contributed by atoms with Gasteiger partial charge in [0.05, 0.1) is 5.56 Å². The average Bonchev–Trinajstić information content (AvgIpc) is 2.73. The molecule has 0 radical (unpaired) electrons. The molecule has 30 heavy (non-hydrogen) atoms. The van der Waals surface area contributed by atoms with E-state index in [2.05, 4.69) is 17.6 Å². The summed E-state index contributed by atoms with van der Waals surface area (Å²) in [6.45, 7) is 2.22. The third kappa shape index (κ3) is 8.37. The van der Waals surface area contributed by atoms with Crippen LogP contribution < -0.4 is 15.5 Å². The van der Waals surface area contributed by atoms with E-state index in [1.54, 1.807) is 0 Å². The van der Waals surface area contributed by atoms with Crippen molar-refractivity contribution < 1.29 is 9.59 Å². The number of nitrogens with zero attached hydrogens (tertiary/aromatic N) is 1. The Morgan fingerprint density at radius 2 is 1.63 bits per heavy atom. The van der Waals surface area contributed by atoms with Gasteiger partial charge in [-0.2, -0.15) is 0 Å². The van der Waals surface area contributed by atoms with Crippen molar-refractivity contribution in [1.82, 2.24) is 5.32 Å². The Bertz CT molecular complexity index is 666. The predicted octanol–water partition coefficient (Wildman–Crippen LogP) is 5.89. The molecule has 1 aromatic carbocycles. The number of hydrogen-bond acceptors (Lipinski definition) is 3. The Morgan fingerprint density at radius 3 is 2.30 bits per heavy atom. The highest BCUT2D eigenvalue weighted by Crippen LogP contribution is 2.25. The summed E-state index contributed by atoms with van der Waals surface area (Å²) in [4.78, 5) is 27.2. The number of benzene rings is 1. The summed E-state index contributed by atoms with van der Waals surface area (Å²) in [5.74, 6) is -0.0198. The van der Waals surface area contributed by atoms with E-state index in [0.29, 0.717) is 17.7 Å². The monoisotopic (exact) mass is 415 g/mol. The van der Waals surface area contributed by atoms with Crippen LogP contribution in [-0.4, -0.2) is 32.0 Å². The van der Waals surface area contributed by atoms with Crippen LogP contribution in [0.3, 0.4) is 0 Å². The van der Waals surface area contributed by atoms with Gasteiger partial charge < -0.3 is 15.5 Å². The molecule has 1 fully saturated rings. The minimum absolute atomic E-state index is 0.0276. The Balaban J connectivity index is 1.89. The van der Waals surface area contributed by atoms with Crippen LogP contribution in [0.2, 0.25) is 0 Å². The van der Waals surface area contributed by atoms with Crippen LogP contribution in [0.15, 0.2) is 18.2 Å². The Labute approximate surface area is 183 Å². The van der Waals surface area contributed by atoms with Crippen molar-refractivity contribution in [3.63, 3.8) is 0 Å². The molecular weight excluding hydrogens is 374 g/mol. The minimum atomic E-state index is -0.0474. The van der Waals surface area contributed by atoms with Crippen LogP contribution in [-0.2, 0) is 4.79 Å². The highest BCUT2D eigenvalue weighted by Gasteiger charge is 2.20. The van der Waals surface area contributed by atoms with Crippen molar-refractivity contribution in [2.45, 2.75) is 96.4 Å². The van der Waals surface area contributed by atoms with Gasteiger partial charge in [0, 0.05) is 37.9 Å². The Morgan fingerprint density at radius 1 is 0.967 bits per heavy atom. The molecule has 0 heterocycles. The molecule has 0 bridgehead atoms. The number of carbonyl (C=O) groups is 2. The van der Waals surface area contributed by atoms with E-state index in [0.717, 1.165) is 31.4 Å². The third-order valence-corrected chi connectivity index (χ3v) is 5.95. The van der Waals surface area contributed by atoms with Gasteiger partial charge in [0.15, 0.2) is 0 Å². The van der Waals surface area contributed by atoms with Crippen LogP contribution in [0.1, 0.15) is 101 Å². The van der Waals surface area contributed by atoms with Gasteiger partial charge in [-0.05, 0) is 37.5 Å². The standard InChI is InChI=1S/C25H41N3O2/c1-4-5-6-7-8-9-13-16-24(29)26-21-17-18-23(28(2)3)22(19-21)25(30)27-20-14-11-10-12-15-20/h17-20H,4-16H2,1-3H3,(H,26,29)(H,27,30). The summed E-state index contributed by atoms with van der Waals surface area (Å²) in [6, 6.07) is 5.88. The van der Waals surface area contributed by atoms with Crippen LogP contribution >= 0.6 is 0 Å². The van der Waals surface area contributed by atoms with Gasteiger partial charge in [-0.1, -0.05) is 64.7 Å². The molecule has 2 N–H and O–H groups in total. The van der Waals surface area contributed by atoms with Gasteiger partial charge in [-0.15, -0.1) is 0 Å². The molecule has 5 nitrogen and oxygen atoms in total. The SMILES string of the molecule is CCCCCCCCCC(=O)Nc1ccc(N(C)C)c(C(=O)NC2CCCCC2)c1. The van der Waals surface area contributed by atoms with Crippen LogP contribution in [0.4, 0.5) is 11.4 Å². The number of nitrogens with one attached hydrogen (secondary N) is 2. The molecule has 0 spiro atoms. The lowest BCUT2D eigenvalue weighted by atomic mass is 9.95. The molecule has 1 aromatic rings. The molecule has 1 aliphatic rings. The second-order valence-corrected chi connectivity index (χ2v) is 8.85. The van der Waals surface area contributed by atoms with Crippen LogP contribution in [0.5, 0.6) is 0 Å². The first-order valence-corrected chi connectivity index (χ1v) is 11.9. The number of hydrogen-bond donors (Lipinski definition) is 2. The number of rotatable bonds is 12. The summed E-state index contributed by atoms with van der Waals surface area (Å²) < 4.78 is 0. The van der Waals surface area contributed by atoms with Gasteiger partial charge in [-0.25, -0.2) is 0 Å². The zero-order valence-corrected chi connectivity index (χ0v) is 19.3. The maximum atomic E-state index is 12.9. The van der Waals surface area contributed by atoms with Gasteiger partial charge in [-0.3, -0.25) is 9.59 Å². The fourth-order valence-electron chi connectivity index (χ4n) is 4.16. The molecule has 1 aliphatic carbocycles. The second kappa shape index (κ2) is 13.3. The maximum absolute atomic E-state index is 12.9. The minimum Gasteiger partial charge on any atom is -0.377 e. The molecule has 0 unspecified atom stereocenters. The van der Waals surface area contributed by atoms with Crippen molar-refractivity contribution >= 4 is 23.2 Å². The fraction of sp³-hybridized carbons (Fsp3) is 0.680. The molecular formula is C25H41N3O2. The quantitative estimate of drug-likeness (QED) is 0.418. The summed E-state index contributed by atoms with van der Waals surface area (Å²) in [6.07, 6.45) is 14.6. The maximum Gasteiger partial charge on any atom is 0.253 e. The lowest BCUT2D eigenvalue weighted by Crippen LogP contribution is -2.36. The van der Waals surface area contributed by atoms with E-state index in [9.17, 15) is 9.59 Å². The van der Waals surface area contributed by atoms with E-state index in [-0.39, 0.29) is 17.9 Å². The first kappa shape index (κ1) is 24.2. The molecule has 2 rings (SSSR count). The molecule has 0 aromatic heterocycles. The molecule has 0 saturated heterocycles. The summed E-state index contributed by atoms with van der Waals surface area (Å²) >= 11 is 0. The van der Waals surface area contributed by atoms with Crippen molar-refractivity contribution in [2.75, 3.05) is 24.3 Å². The molecule has 5 heteroatoms. The van der Waals surface area contributed by atoms with Gasteiger partial charge in [0.1, 0.15) is 0 Å². The molecule has 168 valence electrons. The normalized spacial score (nSPS) is 14.4. The van der Waals surface area contributed by atoms with Crippen LogP contribution in [0, 0.1) is 0 Å². The lowest BCUT2D eigenvalue weighted by Gasteiger charge is -2.24. The largest absolute Gasteiger partial charge is 0.377 e. The Hall–Kier alpha value is -2.04. The van der Waals surface area contributed by atoms with E-state index in [1.807, 2.05) is 37.2 Å². The number of carbonyl (C=O) groups excluding carboxylic acids is 2. The zero-order valence-electron chi connectivity index (χ0n) is 19.3. The number of anilines is 2. The molecule has 0 aliphatic heterocycles. The van der Waals surface area contributed by atoms with Crippen molar-refractivity contribution in [3.8, 4) is 0 Å². The van der Waals surface area contributed by atoms with Gasteiger partial charge >= 0.3 is 0 Å². The molecule has 0 atom stereocenters. The fourth-order valence-corrected chi connectivity index (χ4v) is 4.16. The smallest absolute Gasteiger partial charge is 0.253 e. The van der Waals surface area contributed by atoms with E-state index >= 15 is 0 Å². The first-order valence-electron chi connectivity index (χ1n) is 11.9. The molecule has 1 saturated carbocycles. The van der Waals surface area contributed by atoms with Gasteiger partial charge in [0.2, 0.25) is 5.91 Å². The van der Waals surface area contributed by atoms with Crippen LogP contribution in [0.25, 0.3) is 0 Å². The van der Waals surface area contributed by atoms with Crippen molar-refractivity contribution in [3.05, 3.63) is 23.8 Å². The predicted molar refractivity (Wildman–Crippen MR) is 126 cm³/mol. The topological polar surface area (TPSA) is 61.4 Å². The molecule has 2 amide bonds. The highest BCUT2D eigenvalue weighted by molar-refractivity contribution is 6.02. The second-order valence-electron chi connectivity index (χ2n) is 8.85. The van der Waals surface area contributed by atoms with E-state index in [1.165, 1.54) is 51.4 Å².